The number of thiocarbonyl (C=S) groups is 1. The van der Waals surface area contributed by atoms with Crippen LogP contribution in [0.4, 0.5) is 5.69 Å². The van der Waals surface area contributed by atoms with E-state index in [1.807, 2.05) is 24.3 Å². The molecule has 0 atom stereocenters. The fourth-order valence-corrected chi connectivity index (χ4v) is 3.90. The summed E-state index contributed by atoms with van der Waals surface area (Å²) in [5.41, 5.74) is 1.36. The lowest BCUT2D eigenvalue weighted by Crippen LogP contribution is -2.31. The minimum Gasteiger partial charge on any atom is -0.508 e. The Morgan fingerprint density at radius 2 is 1.96 bits per heavy atom. The summed E-state index contributed by atoms with van der Waals surface area (Å²) in [6.45, 7) is 0.192. The molecule has 2 aromatic rings. The molecule has 1 aliphatic heterocycles. The van der Waals surface area contributed by atoms with Gasteiger partial charge in [0.25, 0.3) is 5.91 Å². The zero-order valence-corrected chi connectivity index (χ0v) is 16.7. The molecule has 6 nitrogen and oxygen atoms in total. The van der Waals surface area contributed by atoms with Crippen molar-refractivity contribution in [1.29, 1.82) is 0 Å². The number of phenolic OH excluding ortho intramolecular Hbond substituents is 1. The second-order valence-electron chi connectivity index (χ2n) is 5.92. The van der Waals surface area contributed by atoms with Crippen LogP contribution in [0.15, 0.2) is 53.4 Å². The van der Waals surface area contributed by atoms with Crippen molar-refractivity contribution >= 4 is 51.9 Å². The Morgan fingerprint density at radius 1 is 1.25 bits per heavy atom. The number of aromatic hydroxyl groups is 1. The summed E-state index contributed by atoms with van der Waals surface area (Å²) in [6.07, 6.45) is 1.85. The fourth-order valence-electron chi connectivity index (χ4n) is 2.60. The summed E-state index contributed by atoms with van der Waals surface area (Å²) in [5, 5.41) is 12.0. The van der Waals surface area contributed by atoms with Crippen molar-refractivity contribution < 1.29 is 19.4 Å². The number of carbonyl (C=O) groups is 2. The molecule has 2 amide bonds. The van der Waals surface area contributed by atoms with Crippen LogP contribution < -0.4 is 10.1 Å². The molecule has 144 valence electrons. The quantitative estimate of drug-likeness (QED) is 0.427. The van der Waals surface area contributed by atoms with Gasteiger partial charge in [-0.15, -0.1) is 0 Å². The van der Waals surface area contributed by atoms with Gasteiger partial charge in [-0.25, -0.2) is 0 Å². The summed E-state index contributed by atoms with van der Waals surface area (Å²) in [5.74, 6) is 0.324. The SMILES string of the molecule is COc1ccccc1/C=C1\SC(=S)N(CCC(=O)Nc2ccc(O)cc2)C1=O. The normalized spacial score (nSPS) is 15.2. The van der Waals surface area contributed by atoms with Crippen molar-refractivity contribution in [3.05, 3.63) is 59.0 Å². The smallest absolute Gasteiger partial charge is 0.266 e. The van der Waals surface area contributed by atoms with Crippen LogP contribution in [-0.2, 0) is 9.59 Å². The summed E-state index contributed by atoms with van der Waals surface area (Å²) >= 11 is 6.51. The van der Waals surface area contributed by atoms with E-state index in [1.54, 1.807) is 25.3 Å². The van der Waals surface area contributed by atoms with E-state index in [-0.39, 0.29) is 30.5 Å². The lowest BCUT2D eigenvalue weighted by atomic mass is 10.2. The predicted octanol–water partition coefficient (Wildman–Crippen LogP) is 3.63. The third-order valence-corrected chi connectivity index (χ3v) is 5.39. The van der Waals surface area contributed by atoms with Crippen LogP contribution in [0, 0.1) is 0 Å². The van der Waals surface area contributed by atoms with Crippen LogP contribution in [0.3, 0.4) is 0 Å². The minimum absolute atomic E-state index is 0.106. The van der Waals surface area contributed by atoms with Crippen LogP contribution >= 0.6 is 24.0 Å². The zero-order valence-electron chi connectivity index (χ0n) is 15.0. The number of ether oxygens (including phenoxy) is 1. The average molecular weight is 415 g/mol. The number of hydrogen-bond acceptors (Lipinski definition) is 6. The van der Waals surface area contributed by atoms with Gasteiger partial charge in [-0.2, -0.15) is 0 Å². The second-order valence-corrected chi connectivity index (χ2v) is 7.60. The van der Waals surface area contributed by atoms with Gasteiger partial charge in [0, 0.05) is 24.2 Å². The van der Waals surface area contributed by atoms with E-state index >= 15 is 0 Å². The van der Waals surface area contributed by atoms with Gasteiger partial charge in [0.2, 0.25) is 5.91 Å². The standard InChI is InChI=1S/C20H18N2O4S2/c1-26-16-5-3-2-4-13(16)12-17-19(25)22(20(27)28-17)11-10-18(24)21-14-6-8-15(23)9-7-14/h2-9,12,23H,10-11H2,1H3,(H,21,24)/b17-12-. The molecule has 0 saturated carbocycles. The number of phenols is 1. The lowest BCUT2D eigenvalue weighted by molar-refractivity contribution is -0.122. The second kappa shape index (κ2) is 8.90. The number of thioether (sulfide) groups is 1. The number of amides is 2. The maximum atomic E-state index is 12.7. The summed E-state index contributed by atoms with van der Waals surface area (Å²) in [4.78, 5) is 26.7. The van der Waals surface area contributed by atoms with Crippen LogP contribution in [0.5, 0.6) is 11.5 Å². The largest absolute Gasteiger partial charge is 0.508 e. The Bertz CT molecular complexity index is 941. The van der Waals surface area contributed by atoms with Crippen LogP contribution in [-0.4, -0.2) is 39.8 Å². The molecule has 1 saturated heterocycles. The highest BCUT2D eigenvalue weighted by Gasteiger charge is 2.32. The minimum atomic E-state index is -0.242. The first kappa shape index (κ1) is 19.9. The first-order chi connectivity index (χ1) is 13.5. The lowest BCUT2D eigenvalue weighted by Gasteiger charge is -2.14. The van der Waals surface area contributed by atoms with E-state index < -0.39 is 0 Å². The van der Waals surface area contributed by atoms with E-state index in [9.17, 15) is 14.7 Å². The number of nitrogens with one attached hydrogen (secondary N) is 1. The van der Waals surface area contributed by atoms with E-state index in [4.69, 9.17) is 17.0 Å². The first-order valence-corrected chi connectivity index (χ1v) is 9.67. The van der Waals surface area contributed by atoms with E-state index in [1.165, 1.54) is 28.8 Å². The van der Waals surface area contributed by atoms with Crippen LogP contribution in [0.25, 0.3) is 6.08 Å². The van der Waals surface area contributed by atoms with Crippen molar-refractivity contribution in [1.82, 2.24) is 4.90 Å². The highest BCUT2D eigenvalue weighted by Crippen LogP contribution is 2.34. The Kier molecular flexibility index (Phi) is 6.33. The maximum Gasteiger partial charge on any atom is 0.266 e. The summed E-state index contributed by atoms with van der Waals surface area (Å²) < 4.78 is 5.73. The molecular formula is C20H18N2O4S2. The van der Waals surface area contributed by atoms with Gasteiger partial charge in [-0.1, -0.05) is 42.2 Å². The number of methoxy groups -OCH3 is 1. The van der Waals surface area contributed by atoms with Crippen molar-refractivity contribution in [2.75, 3.05) is 19.0 Å². The zero-order chi connectivity index (χ0) is 20.1. The molecule has 8 heteroatoms. The Balaban J connectivity index is 1.63. The predicted molar refractivity (Wildman–Crippen MR) is 114 cm³/mol. The number of nitrogens with zero attached hydrogens (tertiary/aromatic N) is 1. The van der Waals surface area contributed by atoms with Crippen molar-refractivity contribution in [3.8, 4) is 11.5 Å². The molecule has 1 fully saturated rings. The highest BCUT2D eigenvalue weighted by molar-refractivity contribution is 8.26. The molecule has 0 spiro atoms. The molecule has 0 unspecified atom stereocenters. The molecule has 0 radical (unpaired) electrons. The fraction of sp³-hybridized carbons (Fsp3) is 0.150. The topological polar surface area (TPSA) is 78.9 Å². The molecule has 0 aliphatic carbocycles. The Labute approximate surface area is 172 Å². The summed E-state index contributed by atoms with van der Waals surface area (Å²) in [6, 6.07) is 13.6. The number of rotatable bonds is 6. The molecule has 3 rings (SSSR count). The van der Waals surface area contributed by atoms with Crippen LogP contribution in [0.2, 0.25) is 0 Å². The van der Waals surface area contributed by atoms with Gasteiger partial charge in [-0.05, 0) is 36.4 Å². The maximum absolute atomic E-state index is 12.7. The molecule has 1 aliphatic rings. The van der Waals surface area contributed by atoms with Gasteiger partial charge in [0.05, 0.1) is 12.0 Å². The number of para-hydroxylation sites is 1. The Hall–Kier alpha value is -2.84. The first-order valence-electron chi connectivity index (χ1n) is 8.45. The van der Waals surface area contributed by atoms with Gasteiger partial charge in [0.15, 0.2) is 0 Å². The van der Waals surface area contributed by atoms with Crippen molar-refractivity contribution in [2.24, 2.45) is 0 Å². The van der Waals surface area contributed by atoms with Gasteiger partial charge in [0.1, 0.15) is 15.8 Å². The number of anilines is 1. The molecule has 28 heavy (non-hydrogen) atoms. The molecular weight excluding hydrogens is 396 g/mol. The molecule has 1 heterocycles. The molecule has 2 N–H and O–H groups in total. The van der Waals surface area contributed by atoms with Gasteiger partial charge >= 0.3 is 0 Å². The number of carbonyl (C=O) groups excluding carboxylic acids is 2. The molecule has 0 aromatic heterocycles. The van der Waals surface area contributed by atoms with E-state index in [0.717, 1.165) is 5.56 Å². The van der Waals surface area contributed by atoms with E-state index in [0.29, 0.717) is 20.7 Å². The number of benzene rings is 2. The van der Waals surface area contributed by atoms with Gasteiger partial charge in [-0.3, -0.25) is 14.5 Å². The molecule has 2 aromatic carbocycles. The van der Waals surface area contributed by atoms with Gasteiger partial charge < -0.3 is 15.2 Å². The van der Waals surface area contributed by atoms with Crippen LogP contribution in [0.1, 0.15) is 12.0 Å². The summed E-state index contributed by atoms with van der Waals surface area (Å²) in [7, 11) is 1.57. The average Bonchev–Trinajstić information content (AvgIpc) is 2.95. The monoisotopic (exact) mass is 414 g/mol. The third kappa shape index (κ3) is 4.71. The van der Waals surface area contributed by atoms with Crippen molar-refractivity contribution in [3.63, 3.8) is 0 Å². The highest BCUT2D eigenvalue weighted by atomic mass is 32.2. The van der Waals surface area contributed by atoms with Crippen molar-refractivity contribution in [2.45, 2.75) is 6.42 Å². The Morgan fingerprint density at radius 3 is 2.68 bits per heavy atom. The molecule has 0 bridgehead atoms. The third-order valence-electron chi connectivity index (χ3n) is 4.01. The van der Waals surface area contributed by atoms with E-state index in [2.05, 4.69) is 5.32 Å². The number of hydrogen-bond donors (Lipinski definition) is 2.